The number of aliphatic hydroxyl groups is 1. The number of hydrogen-bond acceptors (Lipinski definition) is 6. The molecule has 0 aliphatic carbocycles. The van der Waals surface area contributed by atoms with Crippen LogP contribution in [-0.4, -0.2) is 80.8 Å². The normalized spacial score (nSPS) is 12.3. The number of imidazole rings is 1. The van der Waals surface area contributed by atoms with Crippen LogP contribution < -0.4 is 10.6 Å². The lowest BCUT2D eigenvalue weighted by atomic mass is 9.98. The van der Waals surface area contributed by atoms with Gasteiger partial charge in [-0.05, 0) is 72.7 Å². The van der Waals surface area contributed by atoms with Gasteiger partial charge >= 0.3 is 12.1 Å². The van der Waals surface area contributed by atoms with E-state index in [0.717, 1.165) is 30.9 Å². The molecular weight excluding hydrogens is 701 g/mol. The highest BCUT2D eigenvalue weighted by molar-refractivity contribution is 6.01. The van der Waals surface area contributed by atoms with E-state index in [1.165, 1.54) is 30.1 Å². The number of carboxylic acid groups (broad SMARTS) is 1. The van der Waals surface area contributed by atoms with Gasteiger partial charge in [-0.3, -0.25) is 9.59 Å². The van der Waals surface area contributed by atoms with Crippen LogP contribution in [0, 0.1) is 11.6 Å². The highest BCUT2D eigenvalue weighted by Crippen LogP contribution is 2.23. The Hall–Kier alpha value is -5.15. The lowest BCUT2D eigenvalue weighted by Crippen LogP contribution is -2.48. The van der Waals surface area contributed by atoms with Crippen molar-refractivity contribution in [1.82, 2.24) is 25.5 Å². The van der Waals surface area contributed by atoms with Crippen molar-refractivity contribution in [3.63, 3.8) is 0 Å². The molecule has 10 nitrogen and oxygen atoms in total. The van der Waals surface area contributed by atoms with Crippen LogP contribution in [0.3, 0.4) is 0 Å². The van der Waals surface area contributed by atoms with Crippen molar-refractivity contribution >= 4 is 17.8 Å². The molecular formula is C38H44F5N5O5. The summed E-state index contributed by atoms with van der Waals surface area (Å²) in [5.41, 5.74) is 4.20. The van der Waals surface area contributed by atoms with E-state index in [9.17, 15) is 36.6 Å². The Labute approximate surface area is 304 Å². The van der Waals surface area contributed by atoms with E-state index < -0.39 is 41.8 Å². The lowest BCUT2D eigenvalue weighted by molar-refractivity contribution is -0.192. The number of hydrogen-bond donors (Lipinski definition) is 5. The zero-order valence-corrected chi connectivity index (χ0v) is 29.6. The number of alkyl halides is 3. The van der Waals surface area contributed by atoms with E-state index in [1.54, 1.807) is 23.2 Å². The van der Waals surface area contributed by atoms with Crippen LogP contribution >= 0.6 is 0 Å². The van der Waals surface area contributed by atoms with Crippen molar-refractivity contribution in [2.24, 2.45) is 0 Å². The maximum absolute atomic E-state index is 14.1. The molecule has 0 fully saturated rings. The fraction of sp³-hybridized carbons (Fsp3) is 0.368. The van der Waals surface area contributed by atoms with Crippen molar-refractivity contribution in [2.75, 3.05) is 19.6 Å². The first-order valence-corrected chi connectivity index (χ1v) is 17.1. The van der Waals surface area contributed by atoms with Gasteiger partial charge in [0.25, 0.3) is 11.8 Å². The van der Waals surface area contributed by atoms with E-state index in [2.05, 4.69) is 33.6 Å². The summed E-state index contributed by atoms with van der Waals surface area (Å²) < 4.78 is 59.9. The quantitative estimate of drug-likeness (QED) is 0.0846. The zero-order chi connectivity index (χ0) is 39.1. The Morgan fingerprint density at radius 1 is 0.887 bits per heavy atom. The van der Waals surface area contributed by atoms with Gasteiger partial charge in [0.1, 0.15) is 11.6 Å². The number of aryl methyl sites for hydroxylation is 1. The third-order valence-electron chi connectivity index (χ3n) is 7.99. The summed E-state index contributed by atoms with van der Waals surface area (Å²) in [4.78, 5) is 45.3. The molecule has 4 rings (SSSR count). The number of aromatic amines is 1. The van der Waals surface area contributed by atoms with Crippen molar-refractivity contribution in [2.45, 2.75) is 71.3 Å². The predicted octanol–water partition coefficient (Wildman–Crippen LogP) is 6.30. The summed E-state index contributed by atoms with van der Waals surface area (Å²) in [6.45, 7) is 7.84. The summed E-state index contributed by atoms with van der Waals surface area (Å²) in [5, 5.41) is 24.5. The lowest BCUT2D eigenvalue weighted by Gasteiger charge is -2.25. The molecule has 0 unspecified atom stereocenters. The molecule has 0 spiro atoms. The largest absolute Gasteiger partial charge is 0.490 e. The number of carbonyl (C=O) groups excluding carboxylic acids is 2. The molecule has 1 heterocycles. The second-order valence-electron chi connectivity index (χ2n) is 12.3. The van der Waals surface area contributed by atoms with Gasteiger partial charge in [-0.1, -0.05) is 45.0 Å². The van der Waals surface area contributed by atoms with Gasteiger partial charge in [0.15, 0.2) is 0 Å². The topological polar surface area (TPSA) is 148 Å². The van der Waals surface area contributed by atoms with Gasteiger partial charge in [-0.15, -0.1) is 0 Å². The molecule has 0 saturated carbocycles. The minimum atomic E-state index is -5.08. The van der Waals surface area contributed by atoms with Gasteiger partial charge in [-0.25, -0.2) is 18.6 Å². The van der Waals surface area contributed by atoms with Crippen LogP contribution in [0.25, 0.3) is 11.3 Å². The summed E-state index contributed by atoms with van der Waals surface area (Å²) in [6, 6.07) is 15.2. The smallest absolute Gasteiger partial charge is 0.475 e. The Morgan fingerprint density at radius 2 is 1.51 bits per heavy atom. The third-order valence-corrected chi connectivity index (χ3v) is 7.99. The molecule has 0 bridgehead atoms. The van der Waals surface area contributed by atoms with E-state index in [-0.39, 0.29) is 30.0 Å². The number of benzene rings is 3. The average Bonchev–Trinajstić information content (AvgIpc) is 3.66. The molecule has 0 saturated heterocycles. The second kappa shape index (κ2) is 20.2. The number of amides is 2. The number of rotatable bonds is 16. The molecule has 0 aliphatic rings. The van der Waals surface area contributed by atoms with Crippen LogP contribution in [0.5, 0.6) is 0 Å². The molecule has 1 aromatic heterocycles. The number of halogens is 5. The number of carbonyl (C=O) groups is 3. The van der Waals surface area contributed by atoms with Crippen LogP contribution in [0.2, 0.25) is 0 Å². The number of nitrogens with zero attached hydrogens (tertiary/aromatic N) is 2. The number of H-pyrrole nitrogens is 1. The zero-order valence-electron chi connectivity index (χ0n) is 29.6. The molecule has 2 atom stereocenters. The van der Waals surface area contributed by atoms with Crippen LogP contribution in [-0.2, 0) is 24.2 Å². The number of aliphatic carboxylic acids is 1. The van der Waals surface area contributed by atoms with Crippen LogP contribution in [0.15, 0.2) is 73.2 Å². The monoisotopic (exact) mass is 745 g/mol. The first-order chi connectivity index (χ1) is 25.1. The maximum atomic E-state index is 14.1. The predicted molar refractivity (Wildman–Crippen MR) is 189 cm³/mol. The van der Waals surface area contributed by atoms with E-state index in [1.807, 2.05) is 32.0 Å². The summed E-state index contributed by atoms with van der Waals surface area (Å²) >= 11 is 0. The molecule has 0 aliphatic heterocycles. The molecule has 2 amide bonds. The van der Waals surface area contributed by atoms with Crippen molar-refractivity contribution in [3.05, 3.63) is 113 Å². The van der Waals surface area contributed by atoms with Crippen LogP contribution in [0.4, 0.5) is 22.0 Å². The van der Waals surface area contributed by atoms with Crippen molar-refractivity contribution in [3.8, 4) is 11.3 Å². The molecule has 286 valence electrons. The van der Waals surface area contributed by atoms with Gasteiger partial charge < -0.3 is 30.7 Å². The fourth-order valence-corrected chi connectivity index (χ4v) is 5.47. The molecule has 4 aromatic rings. The molecule has 5 N–H and O–H groups in total. The maximum Gasteiger partial charge on any atom is 0.490 e. The fourth-order valence-electron chi connectivity index (χ4n) is 5.47. The highest BCUT2D eigenvalue weighted by Gasteiger charge is 2.38. The third kappa shape index (κ3) is 13.4. The Morgan fingerprint density at radius 3 is 2.08 bits per heavy atom. The van der Waals surface area contributed by atoms with Crippen molar-refractivity contribution in [1.29, 1.82) is 0 Å². The minimum absolute atomic E-state index is 0.0276. The minimum Gasteiger partial charge on any atom is -0.475 e. The standard InChI is InChI=1S/C36H43F2N5O3.C2HF3O2/c1-4-10-43(11-5-2)36(46)29-17-27(33-21-40-23-41-33)16-28(18-29)35(45)42-32(15-26-13-30(37)19-31(38)14-26)34(44)22-39-20-25-9-7-8-24(6-3)12-25;3-2(4,5)1(6)7/h7-9,12-14,16-19,21,23,32,34,39,44H,4-6,10-11,15,20,22H2,1-3H3,(H,40,41)(H,42,45);(H,6,7)/t32-,34+;/m0./s1. The highest BCUT2D eigenvalue weighted by atomic mass is 19.4. The van der Waals surface area contributed by atoms with Gasteiger partial charge in [-0.2, -0.15) is 13.2 Å². The summed E-state index contributed by atoms with van der Waals surface area (Å²) in [5.74, 6) is -4.99. The molecule has 3 aromatic carbocycles. The number of carboxylic acids is 1. The van der Waals surface area contributed by atoms with Gasteiger partial charge in [0, 0.05) is 55.1 Å². The van der Waals surface area contributed by atoms with E-state index >= 15 is 0 Å². The van der Waals surface area contributed by atoms with E-state index in [0.29, 0.717) is 36.5 Å². The Balaban J connectivity index is 0.000000980. The van der Waals surface area contributed by atoms with Gasteiger partial charge in [0.05, 0.1) is 24.2 Å². The van der Waals surface area contributed by atoms with E-state index in [4.69, 9.17) is 9.90 Å². The Kier molecular flexibility index (Phi) is 16.1. The first kappa shape index (κ1) is 42.3. The summed E-state index contributed by atoms with van der Waals surface area (Å²) in [7, 11) is 0. The number of nitrogens with one attached hydrogen (secondary N) is 3. The Bertz CT molecular complexity index is 1780. The average molecular weight is 746 g/mol. The van der Waals surface area contributed by atoms with Crippen molar-refractivity contribution < 1.29 is 46.5 Å². The van der Waals surface area contributed by atoms with Crippen LogP contribution in [0.1, 0.15) is 71.0 Å². The molecule has 15 heteroatoms. The molecule has 53 heavy (non-hydrogen) atoms. The number of aromatic nitrogens is 2. The summed E-state index contributed by atoms with van der Waals surface area (Å²) in [6.07, 6.45) is -0.551. The molecule has 0 radical (unpaired) electrons. The second-order valence-corrected chi connectivity index (χ2v) is 12.3. The first-order valence-electron chi connectivity index (χ1n) is 17.1. The van der Waals surface area contributed by atoms with Gasteiger partial charge in [0.2, 0.25) is 0 Å². The number of aliphatic hydroxyl groups excluding tert-OH is 1. The SMILES string of the molecule is CCCN(CCC)C(=O)c1cc(C(=O)N[C@@H](Cc2cc(F)cc(F)c2)[C@H](O)CNCc2cccc(CC)c2)cc(-c2c[nH]cn2)c1.O=C(O)C(F)(F)F.